The maximum absolute atomic E-state index is 5.33. The molecule has 1 aromatic rings. The molecule has 10 heavy (non-hydrogen) atoms. The zero-order chi connectivity index (χ0) is 7.40. The lowest BCUT2D eigenvalue weighted by Crippen LogP contribution is -1.84. The number of rotatable bonds is 2. The molecule has 0 atom stereocenters. The van der Waals surface area contributed by atoms with Crippen LogP contribution in [0, 0.1) is 6.92 Å². The smallest absolute Gasteiger partial charge is 0.0328 e. The van der Waals surface area contributed by atoms with E-state index in [1.165, 1.54) is 23.1 Å². The molecule has 0 saturated heterocycles. The van der Waals surface area contributed by atoms with Gasteiger partial charge in [-0.05, 0) is 12.5 Å². The van der Waals surface area contributed by atoms with Crippen LogP contribution in [-0.4, -0.2) is 0 Å². The zero-order valence-electron chi connectivity index (χ0n) is 6.00. The summed E-state index contributed by atoms with van der Waals surface area (Å²) in [7, 11) is 0. The molecule has 0 saturated carbocycles. The quantitative estimate of drug-likeness (QED) is 0.658. The van der Waals surface area contributed by atoms with E-state index in [0.717, 1.165) is 5.75 Å². The molecule has 1 nitrogen and oxygen atoms in total. The second kappa shape index (κ2) is 3.64. The van der Waals surface area contributed by atoms with Crippen LogP contribution in [0.1, 0.15) is 11.1 Å². The summed E-state index contributed by atoms with van der Waals surface area (Å²) >= 11 is 1.36. The molecule has 0 unspecified atom stereocenters. The molecule has 0 spiro atoms. The van der Waals surface area contributed by atoms with Crippen molar-refractivity contribution in [3.63, 3.8) is 0 Å². The number of hydrogen-bond acceptors (Lipinski definition) is 2. The van der Waals surface area contributed by atoms with Crippen LogP contribution in [0.2, 0.25) is 0 Å². The van der Waals surface area contributed by atoms with Crippen molar-refractivity contribution in [2.45, 2.75) is 12.7 Å². The SMILES string of the molecule is Cc1cccc(CSN)c1. The second-order valence-electron chi connectivity index (χ2n) is 2.30. The fourth-order valence-corrected chi connectivity index (χ4v) is 1.27. The Labute approximate surface area is 65.8 Å². The fraction of sp³-hybridized carbons (Fsp3) is 0.250. The topological polar surface area (TPSA) is 26.0 Å². The third kappa shape index (κ3) is 2.05. The molecular weight excluding hydrogens is 142 g/mol. The first kappa shape index (κ1) is 7.63. The van der Waals surface area contributed by atoms with Crippen molar-refractivity contribution in [2.75, 3.05) is 0 Å². The monoisotopic (exact) mass is 153 g/mol. The van der Waals surface area contributed by atoms with Crippen LogP contribution in [-0.2, 0) is 5.75 Å². The summed E-state index contributed by atoms with van der Waals surface area (Å²) < 4.78 is 0. The fourth-order valence-electron chi connectivity index (χ4n) is 0.898. The van der Waals surface area contributed by atoms with Gasteiger partial charge in [-0.2, -0.15) is 0 Å². The van der Waals surface area contributed by atoms with E-state index >= 15 is 0 Å². The average molecular weight is 153 g/mol. The van der Waals surface area contributed by atoms with Gasteiger partial charge in [0.1, 0.15) is 0 Å². The Kier molecular flexibility index (Phi) is 2.78. The molecule has 2 N–H and O–H groups in total. The van der Waals surface area contributed by atoms with Crippen molar-refractivity contribution >= 4 is 11.9 Å². The summed E-state index contributed by atoms with van der Waals surface area (Å²) in [5.41, 5.74) is 2.60. The molecule has 0 fully saturated rings. The summed E-state index contributed by atoms with van der Waals surface area (Å²) in [5, 5.41) is 5.33. The molecular formula is C8H11NS. The van der Waals surface area contributed by atoms with Crippen molar-refractivity contribution in [1.29, 1.82) is 0 Å². The van der Waals surface area contributed by atoms with E-state index in [0.29, 0.717) is 0 Å². The molecule has 0 bridgehead atoms. The minimum Gasteiger partial charge on any atom is -0.278 e. The van der Waals surface area contributed by atoms with Gasteiger partial charge in [0.05, 0.1) is 0 Å². The largest absolute Gasteiger partial charge is 0.278 e. The Morgan fingerprint density at radius 3 is 2.90 bits per heavy atom. The Morgan fingerprint density at radius 1 is 1.50 bits per heavy atom. The molecule has 1 aromatic carbocycles. The summed E-state index contributed by atoms with van der Waals surface area (Å²) in [5.74, 6) is 0.904. The highest BCUT2D eigenvalue weighted by atomic mass is 32.2. The van der Waals surface area contributed by atoms with Gasteiger partial charge in [-0.25, -0.2) is 0 Å². The highest BCUT2D eigenvalue weighted by molar-refractivity contribution is 7.96. The predicted molar refractivity (Wildman–Crippen MR) is 46.7 cm³/mol. The van der Waals surface area contributed by atoms with Crippen molar-refractivity contribution in [1.82, 2.24) is 0 Å². The van der Waals surface area contributed by atoms with Gasteiger partial charge in [0.15, 0.2) is 0 Å². The van der Waals surface area contributed by atoms with E-state index in [1.54, 1.807) is 0 Å². The van der Waals surface area contributed by atoms with Gasteiger partial charge in [0.2, 0.25) is 0 Å². The van der Waals surface area contributed by atoms with Crippen LogP contribution >= 0.6 is 11.9 Å². The summed E-state index contributed by atoms with van der Waals surface area (Å²) in [6, 6.07) is 8.39. The van der Waals surface area contributed by atoms with Gasteiger partial charge >= 0.3 is 0 Å². The van der Waals surface area contributed by atoms with Crippen molar-refractivity contribution < 1.29 is 0 Å². The summed E-state index contributed by atoms with van der Waals surface area (Å²) in [4.78, 5) is 0. The van der Waals surface area contributed by atoms with E-state index in [-0.39, 0.29) is 0 Å². The Morgan fingerprint density at radius 2 is 2.30 bits per heavy atom. The lowest BCUT2D eigenvalue weighted by molar-refractivity contribution is 1.35. The van der Waals surface area contributed by atoms with Crippen LogP contribution in [0.5, 0.6) is 0 Å². The first-order valence-electron chi connectivity index (χ1n) is 3.20. The number of nitrogens with two attached hydrogens (primary N) is 1. The molecule has 2 heteroatoms. The molecule has 1 rings (SSSR count). The second-order valence-corrected chi connectivity index (χ2v) is 2.92. The molecule has 0 aliphatic heterocycles. The zero-order valence-corrected chi connectivity index (χ0v) is 6.82. The Hall–Kier alpha value is -0.470. The highest BCUT2D eigenvalue weighted by Gasteiger charge is 1.89. The van der Waals surface area contributed by atoms with Crippen LogP contribution < -0.4 is 5.14 Å². The minimum absolute atomic E-state index is 0.904. The van der Waals surface area contributed by atoms with E-state index in [2.05, 4.69) is 31.2 Å². The van der Waals surface area contributed by atoms with Gasteiger partial charge in [0, 0.05) is 5.75 Å². The Bertz CT molecular complexity index is 210. The Balaban J connectivity index is 2.75. The molecule has 54 valence electrons. The summed E-state index contributed by atoms with van der Waals surface area (Å²) in [6.45, 7) is 2.09. The maximum atomic E-state index is 5.33. The first-order chi connectivity index (χ1) is 4.83. The van der Waals surface area contributed by atoms with Gasteiger partial charge in [-0.15, -0.1) is 0 Å². The van der Waals surface area contributed by atoms with Gasteiger partial charge in [0.25, 0.3) is 0 Å². The van der Waals surface area contributed by atoms with E-state index < -0.39 is 0 Å². The third-order valence-electron chi connectivity index (χ3n) is 1.33. The van der Waals surface area contributed by atoms with Crippen molar-refractivity contribution in [3.05, 3.63) is 35.4 Å². The minimum atomic E-state index is 0.904. The first-order valence-corrected chi connectivity index (χ1v) is 4.25. The van der Waals surface area contributed by atoms with E-state index in [9.17, 15) is 0 Å². The van der Waals surface area contributed by atoms with Crippen molar-refractivity contribution in [2.24, 2.45) is 5.14 Å². The van der Waals surface area contributed by atoms with Crippen molar-refractivity contribution in [3.8, 4) is 0 Å². The lowest BCUT2D eigenvalue weighted by atomic mass is 10.2. The average Bonchev–Trinajstić information content (AvgIpc) is 1.88. The predicted octanol–water partition coefficient (Wildman–Crippen LogP) is 2.10. The number of aryl methyl sites for hydroxylation is 1. The maximum Gasteiger partial charge on any atom is 0.0328 e. The summed E-state index contributed by atoms with van der Waals surface area (Å²) in [6.07, 6.45) is 0. The highest BCUT2D eigenvalue weighted by Crippen LogP contribution is 2.08. The number of benzene rings is 1. The standard InChI is InChI=1S/C8H11NS/c1-7-3-2-4-8(5-7)6-10-9/h2-5H,6,9H2,1H3. The molecule has 0 aromatic heterocycles. The van der Waals surface area contributed by atoms with Crippen LogP contribution in [0.25, 0.3) is 0 Å². The van der Waals surface area contributed by atoms with E-state index in [4.69, 9.17) is 5.14 Å². The normalized spacial score (nSPS) is 9.80. The van der Waals surface area contributed by atoms with Gasteiger partial charge in [-0.3, -0.25) is 5.14 Å². The van der Waals surface area contributed by atoms with E-state index in [1.807, 2.05) is 0 Å². The molecule has 0 aliphatic carbocycles. The molecule has 0 amide bonds. The van der Waals surface area contributed by atoms with Crippen LogP contribution in [0.3, 0.4) is 0 Å². The number of hydrogen-bond donors (Lipinski definition) is 1. The van der Waals surface area contributed by atoms with Gasteiger partial charge < -0.3 is 0 Å². The van der Waals surface area contributed by atoms with Crippen LogP contribution in [0.15, 0.2) is 24.3 Å². The van der Waals surface area contributed by atoms with Gasteiger partial charge in [-0.1, -0.05) is 41.8 Å². The third-order valence-corrected chi connectivity index (χ3v) is 1.83. The molecule has 0 radical (unpaired) electrons. The molecule has 0 heterocycles. The lowest BCUT2D eigenvalue weighted by Gasteiger charge is -1.97. The molecule has 0 aliphatic rings. The van der Waals surface area contributed by atoms with Crippen LogP contribution in [0.4, 0.5) is 0 Å².